The lowest BCUT2D eigenvalue weighted by molar-refractivity contribution is -0.128. The van der Waals surface area contributed by atoms with Crippen molar-refractivity contribution >= 4 is 17.4 Å². The fourth-order valence-electron chi connectivity index (χ4n) is 1.34. The summed E-state index contributed by atoms with van der Waals surface area (Å²) in [5.74, 6) is -1.04. The highest BCUT2D eigenvalue weighted by molar-refractivity contribution is 6.30. The van der Waals surface area contributed by atoms with Crippen LogP contribution in [0.15, 0.2) is 18.2 Å². The number of rotatable bonds is 4. The molecule has 0 bridgehead atoms. The summed E-state index contributed by atoms with van der Waals surface area (Å²) >= 11 is 5.70. The number of aliphatic hydroxyl groups excluding tert-OH is 1. The minimum atomic E-state index is -1.06. The highest BCUT2D eigenvalue weighted by Gasteiger charge is 2.20. The van der Waals surface area contributed by atoms with Crippen molar-refractivity contribution in [2.75, 3.05) is 0 Å². The molecule has 2 nitrogen and oxygen atoms in total. The molecule has 16 heavy (non-hydrogen) atoms. The summed E-state index contributed by atoms with van der Waals surface area (Å²) in [6, 6.07) is 4.04. The zero-order valence-corrected chi connectivity index (χ0v) is 9.96. The largest absolute Gasteiger partial charge is 0.385 e. The number of hydrogen-bond acceptors (Lipinski definition) is 2. The van der Waals surface area contributed by atoms with Gasteiger partial charge in [0.15, 0.2) is 5.78 Å². The molecule has 0 saturated carbocycles. The van der Waals surface area contributed by atoms with Gasteiger partial charge in [-0.1, -0.05) is 25.4 Å². The molecule has 1 atom stereocenters. The average Bonchev–Trinajstić information content (AvgIpc) is 2.22. The van der Waals surface area contributed by atoms with Gasteiger partial charge in [-0.3, -0.25) is 4.79 Å². The highest BCUT2D eigenvalue weighted by atomic mass is 35.5. The maximum atomic E-state index is 13.3. The third-order valence-electron chi connectivity index (χ3n) is 2.33. The molecule has 0 aliphatic heterocycles. The number of carbonyl (C=O) groups excluding carboxylic acids is 1. The monoisotopic (exact) mass is 244 g/mol. The van der Waals surface area contributed by atoms with Crippen molar-refractivity contribution in [3.8, 4) is 0 Å². The van der Waals surface area contributed by atoms with Crippen LogP contribution in [0.4, 0.5) is 4.39 Å². The first kappa shape index (κ1) is 13.1. The molecule has 4 heteroatoms. The fraction of sp³-hybridized carbons (Fsp3) is 0.417. The van der Waals surface area contributed by atoms with Crippen LogP contribution >= 0.6 is 11.6 Å². The Hall–Kier alpha value is -0.930. The molecule has 0 aromatic heterocycles. The van der Waals surface area contributed by atoms with Crippen LogP contribution in [-0.2, 0) is 11.2 Å². The minimum Gasteiger partial charge on any atom is -0.385 e. The quantitative estimate of drug-likeness (QED) is 0.884. The van der Waals surface area contributed by atoms with Crippen molar-refractivity contribution in [1.82, 2.24) is 0 Å². The van der Waals surface area contributed by atoms with Gasteiger partial charge in [0.25, 0.3) is 0 Å². The topological polar surface area (TPSA) is 37.3 Å². The SMILES string of the molecule is CC(C)C(O)C(=O)Cc1cc(Cl)ccc1F. The molecule has 88 valence electrons. The van der Waals surface area contributed by atoms with E-state index in [0.717, 1.165) is 0 Å². The summed E-state index contributed by atoms with van der Waals surface area (Å²) in [6.07, 6.45) is -1.19. The number of carbonyl (C=O) groups is 1. The summed E-state index contributed by atoms with van der Waals surface area (Å²) in [6.45, 7) is 3.47. The molecule has 1 aromatic rings. The number of ketones is 1. The molecule has 0 aliphatic rings. The van der Waals surface area contributed by atoms with Crippen molar-refractivity contribution in [3.05, 3.63) is 34.6 Å². The molecular weight excluding hydrogens is 231 g/mol. The minimum absolute atomic E-state index is 0.133. The Morgan fingerprint density at radius 3 is 2.69 bits per heavy atom. The Morgan fingerprint density at radius 1 is 1.50 bits per heavy atom. The van der Waals surface area contributed by atoms with Crippen LogP contribution in [0.5, 0.6) is 0 Å². The van der Waals surface area contributed by atoms with Gasteiger partial charge in [-0.2, -0.15) is 0 Å². The smallest absolute Gasteiger partial charge is 0.165 e. The molecular formula is C12H14ClFO2. The first-order chi connectivity index (χ1) is 7.41. The van der Waals surface area contributed by atoms with Crippen LogP contribution in [0.3, 0.4) is 0 Å². The first-order valence-corrected chi connectivity index (χ1v) is 5.44. The van der Waals surface area contributed by atoms with E-state index in [9.17, 15) is 14.3 Å². The van der Waals surface area contributed by atoms with Crippen molar-refractivity contribution in [3.63, 3.8) is 0 Å². The Balaban J connectivity index is 2.80. The molecule has 0 saturated heterocycles. The summed E-state index contributed by atoms with van der Waals surface area (Å²) in [7, 11) is 0. The number of halogens is 2. The number of hydrogen-bond donors (Lipinski definition) is 1. The second-order valence-electron chi connectivity index (χ2n) is 4.07. The van der Waals surface area contributed by atoms with Crippen molar-refractivity contribution in [1.29, 1.82) is 0 Å². The zero-order valence-electron chi connectivity index (χ0n) is 9.21. The fourth-order valence-corrected chi connectivity index (χ4v) is 1.54. The van der Waals surface area contributed by atoms with E-state index in [1.54, 1.807) is 13.8 Å². The molecule has 1 unspecified atom stereocenters. The predicted molar refractivity (Wildman–Crippen MR) is 61.0 cm³/mol. The summed E-state index contributed by atoms with van der Waals surface area (Å²) in [5, 5.41) is 9.89. The highest BCUT2D eigenvalue weighted by Crippen LogP contribution is 2.17. The summed E-state index contributed by atoms with van der Waals surface area (Å²) < 4.78 is 13.3. The van der Waals surface area contributed by atoms with Crippen molar-refractivity contribution in [2.45, 2.75) is 26.4 Å². The van der Waals surface area contributed by atoms with E-state index in [-0.39, 0.29) is 17.9 Å². The van der Waals surface area contributed by atoms with Gasteiger partial charge in [-0.25, -0.2) is 4.39 Å². The maximum Gasteiger partial charge on any atom is 0.165 e. The van der Waals surface area contributed by atoms with Gasteiger partial charge in [-0.05, 0) is 29.7 Å². The molecule has 0 fully saturated rings. The number of Topliss-reactive ketones (excluding diaryl/α,β-unsaturated/α-hetero) is 1. The second kappa shape index (κ2) is 5.41. The predicted octanol–water partition coefficient (Wildman–Crippen LogP) is 2.61. The van der Waals surface area contributed by atoms with Gasteiger partial charge in [-0.15, -0.1) is 0 Å². The zero-order chi connectivity index (χ0) is 12.3. The van der Waals surface area contributed by atoms with Crippen LogP contribution < -0.4 is 0 Å². The van der Waals surface area contributed by atoms with Crippen LogP contribution in [0.25, 0.3) is 0 Å². The Bertz CT molecular complexity index is 391. The van der Waals surface area contributed by atoms with E-state index in [0.29, 0.717) is 5.02 Å². The molecule has 0 heterocycles. The van der Waals surface area contributed by atoms with E-state index in [1.807, 2.05) is 0 Å². The molecule has 0 radical (unpaired) electrons. The Labute approximate surface area is 99.0 Å². The van der Waals surface area contributed by atoms with E-state index < -0.39 is 17.7 Å². The van der Waals surface area contributed by atoms with E-state index in [2.05, 4.69) is 0 Å². The summed E-state index contributed by atoms with van der Waals surface area (Å²) in [5.41, 5.74) is 0.220. The van der Waals surface area contributed by atoms with E-state index >= 15 is 0 Å². The first-order valence-electron chi connectivity index (χ1n) is 5.06. The van der Waals surface area contributed by atoms with Gasteiger partial charge in [0.05, 0.1) is 0 Å². The molecule has 0 spiro atoms. The molecule has 1 N–H and O–H groups in total. The van der Waals surface area contributed by atoms with Crippen LogP contribution in [0, 0.1) is 11.7 Å². The standard InChI is InChI=1S/C12H14ClFO2/c1-7(2)12(16)11(15)6-8-5-9(13)3-4-10(8)14/h3-5,7,12,16H,6H2,1-2H3. The van der Waals surface area contributed by atoms with Gasteiger partial charge < -0.3 is 5.11 Å². The van der Waals surface area contributed by atoms with Crippen molar-refractivity contribution in [2.24, 2.45) is 5.92 Å². The van der Waals surface area contributed by atoms with Crippen molar-refractivity contribution < 1.29 is 14.3 Å². The van der Waals surface area contributed by atoms with E-state index in [1.165, 1.54) is 18.2 Å². The normalized spacial score (nSPS) is 12.9. The van der Waals surface area contributed by atoms with Crippen LogP contribution in [0.1, 0.15) is 19.4 Å². The lowest BCUT2D eigenvalue weighted by atomic mass is 9.98. The maximum absolute atomic E-state index is 13.3. The average molecular weight is 245 g/mol. The molecule has 1 rings (SSSR count). The van der Waals surface area contributed by atoms with Gasteiger partial charge >= 0.3 is 0 Å². The number of benzene rings is 1. The van der Waals surface area contributed by atoms with E-state index in [4.69, 9.17) is 11.6 Å². The Morgan fingerprint density at radius 2 is 2.12 bits per heavy atom. The van der Waals surface area contributed by atoms with Gasteiger partial charge in [0.1, 0.15) is 11.9 Å². The number of aliphatic hydroxyl groups is 1. The summed E-state index contributed by atoms with van der Waals surface area (Å²) in [4.78, 5) is 11.6. The third kappa shape index (κ3) is 3.29. The molecule has 0 aliphatic carbocycles. The van der Waals surface area contributed by atoms with Gasteiger partial charge in [0.2, 0.25) is 0 Å². The Kier molecular flexibility index (Phi) is 4.44. The van der Waals surface area contributed by atoms with Crippen LogP contribution in [-0.4, -0.2) is 17.0 Å². The third-order valence-corrected chi connectivity index (χ3v) is 2.57. The molecule has 1 aromatic carbocycles. The van der Waals surface area contributed by atoms with Gasteiger partial charge in [0, 0.05) is 11.4 Å². The lowest BCUT2D eigenvalue weighted by Gasteiger charge is -2.13. The molecule has 0 amide bonds. The van der Waals surface area contributed by atoms with Crippen LogP contribution in [0.2, 0.25) is 5.02 Å². The lowest BCUT2D eigenvalue weighted by Crippen LogP contribution is -2.27. The second-order valence-corrected chi connectivity index (χ2v) is 4.50.